The minimum atomic E-state index is -1.93. The molecule has 10 nitrogen and oxygen atoms in total. The molecule has 4 N–H and O–H groups in total. The van der Waals surface area contributed by atoms with E-state index in [4.69, 9.17) is 6.11 Å². The first-order valence-corrected chi connectivity index (χ1v) is 10.3. The number of para-hydroxylation sites is 1. The Kier molecular flexibility index (Phi) is 4.91. The summed E-state index contributed by atoms with van der Waals surface area (Å²) >= 11 is 0. The van der Waals surface area contributed by atoms with E-state index in [9.17, 15) is 15.3 Å². The number of rotatable bonds is 7. The van der Waals surface area contributed by atoms with E-state index in [0.29, 0.717) is 23.5 Å². The van der Waals surface area contributed by atoms with E-state index in [2.05, 4.69) is 31.3 Å². The highest BCUT2D eigenvalue weighted by Crippen LogP contribution is 2.40. The van der Waals surface area contributed by atoms with Crippen molar-refractivity contribution in [2.75, 3.05) is 18.5 Å². The Labute approximate surface area is 185 Å². The van der Waals surface area contributed by atoms with Crippen molar-refractivity contribution in [3.8, 4) is 0 Å². The molecule has 5 atom stereocenters. The SMILES string of the molecule is [2H]C=C[C@]1(O)C(n2cnc3c(NCCC4C=Nc5ccccc54)ncnc32)O[C@H](CO)[C@H]1O. The van der Waals surface area contributed by atoms with Crippen LogP contribution in [0.2, 0.25) is 0 Å². The van der Waals surface area contributed by atoms with E-state index in [1.807, 2.05) is 24.4 Å². The summed E-state index contributed by atoms with van der Waals surface area (Å²) in [5.74, 6) is 0.748. The third-order valence-corrected chi connectivity index (χ3v) is 6.06. The van der Waals surface area contributed by atoms with Crippen LogP contribution < -0.4 is 5.32 Å². The molecule has 0 saturated carbocycles. The van der Waals surface area contributed by atoms with Crippen LogP contribution in [0, 0.1) is 0 Å². The van der Waals surface area contributed by atoms with Crippen LogP contribution in [0.15, 0.2) is 54.5 Å². The van der Waals surface area contributed by atoms with Gasteiger partial charge >= 0.3 is 0 Å². The first-order valence-electron chi connectivity index (χ1n) is 10.9. The zero-order chi connectivity index (χ0) is 23.0. The highest BCUT2D eigenvalue weighted by molar-refractivity contribution is 5.83. The Morgan fingerprint density at radius 1 is 1.31 bits per heavy atom. The molecule has 2 unspecified atom stereocenters. The zero-order valence-electron chi connectivity index (χ0n) is 18.1. The number of nitrogens with zero attached hydrogens (tertiary/aromatic N) is 5. The summed E-state index contributed by atoms with van der Waals surface area (Å²) in [5.41, 5.74) is 1.12. The quantitative estimate of drug-likeness (QED) is 0.406. The van der Waals surface area contributed by atoms with Gasteiger partial charge in [0.25, 0.3) is 0 Å². The molecule has 10 heteroatoms. The van der Waals surface area contributed by atoms with E-state index in [0.717, 1.165) is 24.7 Å². The number of aliphatic hydroxyl groups excluding tert-OH is 2. The lowest BCUT2D eigenvalue weighted by Gasteiger charge is -2.28. The Balaban J connectivity index is 1.37. The summed E-state index contributed by atoms with van der Waals surface area (Å²) < 4.78 is 14.6. The molecule has 0 aliphatic carbocycles. The minimum absolute atomic E-state index is 0.221. The maximum absolute atomic E-state index is 11.1. The van der Waals surface area contributed by atoms with Gasteiger partial charge in [0.05, 0.1) is 20.0 Å². The number of imidazole rings is 1. The number of benzene rings is 1. The molecule has 2 aromatic heterocycles. The second-order valence-corrected chi connectivity index (χ2v) is 7.91. The van der Waals surface area contributed by atoms with E-state index in [-0.39, 0.29) is 5.92 Å². The van der Waals surface area contributed by atoms with Crippen molar-refractivity contribution in [2.24, 2.45) is 4.99 Å². The Morgan fingerprint density at radius 3 is 3.03 bits per heavy atom. The molecule has 0 spiro atoms. The molecule has 1 aromatic carbocycles. The molecular weight excluding hydrogens is 412 g/mol. The molecule has 0 bridgehead atoms. The summed E-state index contributed by atoms with van der Waals surface area (Å²) in [6, 6.07) is 8.07. The highest BCUT2D eigenvalue weighted by Gasteiger charge is 2.54. The Bertz CT molecular complexity index is 1220. The van der Waals surface area contributed by atoms with Gasteiger partial charge in [-0.15, -0.1) is 0 Å². The standard InChI is InChI=1S/C22H24N6O4/c1-2-22(31)18(30)16(10-29)32-21(22)28-12-27-17-19(25-11-26-20(17)28)23-8-7-13-9-24-15-6-4-3-5-14(13)15/h2-6,9,11-13,16,18,21,29-31H,1,7-8,10H2,(H,23,25,26)/t13?,16-,18-,21?,22-/m1/s1/i1D. The van der Waals surface area contributed by atoms with Gasteiger partial charge in [0, 0.05) is 18.7 Å². The largest absolute Gasteiger partial charge is 0.394 e. The molecule has 2 aliphatic rings. The van der Waals surface area contributed by atoms with Crippen LogP contribution in [0.3, 0.4) is 0 Å². The minimum Gasteiger partial charge on any atom is -0.394 e. The van der Waals surface area contributed by atoms with E-state index in [1.165, 1.54) is 22.8 Å². The lowest BCUT2D eigenvalue weighted by molar-refractivity contribution is -0.0771. The molecule has 3 aromatic rings. The van der Waals surface area contributed by atoms with Crippen molar-refractivity contribution < 1.29 is 21.4 Å². The van der Waals surface area contributed by atoms with Gasteiger partial charge in [-0.05, 0) is 18.1 Å². The fourth-order valence-electron chi connectivity index (χ4n) is 4.30. The maximum Gasteiger partial charge on any atom is 0.172 e. The number of aliphatic hydroxyl groups is 3. The van der Waals surface area contributed by atoms with Crippen LogP contribution >= 0.6 is 0 Å². The molecule has 0 radical (unpaired) electrons. The van der Waals surface area contributed by atoms with Gasteiger partial charge in [0.15, 0.2) is 28.8 Å². The fraction of sp³-hybridized carbons (Fsp3) is 0.364. The van der Waals surface area contributed by atoms with E-state index in [1.54, 1.807) is 0 Å². The third kappa shape index (κ3) is 3.19. The first-order chi connectivity index (χ1) is 16.1. The number of hydrogen-bond donors (Lipinski definition) is 4. The molecule has 5 rings (SSSR count). The molecule has 32 heavy (non-hydrogen) atoms. The molecule has 1 fully saturated rings. The smallest absolute Gasteiger partial charge is 0.172 e. The van der Waals surface area contributed by atoms with Crippen molar-refractivity contribution in [3.05, 3.63) is 55.1 Å². The fourth-order valence-corrected chi connectivity index (χ4v) is 4.30. The summed E-state index contributed by atoms with van der Waals surface area (Å²) in [6.07, 6.45) is 3.13. The topological polar surface area (TPSA) is 138 Å². The van der Waals surface area contributed by atoms with E-state index >= 15 is 0 Å². The number of ether oxygens (including phenoxy) is 1. The number of anilines is 1. The third-order valence-electron chi connectivity index (χ3n) is 6.06. The van der Waals surface area contributed by atoms with Gasteiger partial charge in [-0.2, -0.15) is 0 Å². The zero-order valence-corrected chi connectivity index (χ0v) is 17.1. The number of nitrogens with one attached hydrogen (secondary N) is 1. The lowest BCUT2D eigenvalue weighted by atomic mass is 9.94. The highest BCUT2D eigenvalue weighted by atomic mass is 16.6. The molecule has 166 valence electrons. The van der Waals surface area contributed by atoms with Crippen LogP contribution in [0.5, 0.6) is 0 Å². The van der Waals surface area contributed by atoms with Crippen molar-refractivity contribution in [3.63, 3.8) is 0 Å². The summed E-state index contributed by atoms with van der Waals surface area (Å²) in [5, 5.41) is 34.3. The normalized spacial score (nSPS) is 29.7. The summed E-state index contributed by atoms with van der Waals surface area (Å²) in [6.45, 7) is 1.01. The molecule has 1 saturated heterocycles. The van der Waals surface area contributed by atoms with Gasteiger partial charge in [0.1, 0.15) is 18.5 Å². The average molecular weight is 437 g/mol. The van der Waals surface area contributed by atoms with Crippen LogP contribution in [0.4, 0.5) is 11.5 Å². The predicted octanol–water partition coefficient (Wildman–Crippen LogP) is 1.30. The van der Waals surface area contributed by atoms with Gasteiger partial charge in [0.2, 0.25) is 0 Å². The number of aromatic nitrogens is 4. The van der Waals surface area contributed by atoms with Crippen LogP contribution in [-0.4, -0.2) is 72.0 Å². The monoisotopic (exact) mass is 437 g/mol. The van der Waals surface area contributed by atoms with Gasteiger partial charge in [-0.3, -0.25) is 9.56 Å². The number of aliphatic imine (C=N–C) groups is 1. The first kappa shape index (κ1) is 19.5. The second-order valence-electron chi connectivity index (χ2n) is 7.91. The van der Waals surface area contributed by atoms with Crippen molar-refractivity contribution in [1.82, 2.24) is 19.5 Å². The van der Waals surface area contributed by atoms with Crippen LogP contribution in [0.1, 0.15) is 25.5 Å². The van der Waals surface area contributed by atoms with Gasteiger partial charge in [-0.1, -0.05) is 30.8 Å². The second kappa shape index (κ2) is 8.06. The predicted molar refractivity (Wildman–Crippen MR) is 118 cm³/mol. The summed E-state index contributed by atoms with van der Waals surface area (Å²) in [4.78, 5) is 17.4. The Morgan fingerprint density at radius 2 is 2.19 bits per heavy atom. The number of fused-ring (bicyclic) bond motifs is 2. The molecule has 2 aliphatic heterocycles. The molecule has 0 amide bonds. The maximum atomic E-state index is 11.1. The van der Waals surface area contributed by atoms with Crippen LogP contribution in [0.25, 0.3) is 11.2 Å². The van der Waals surface area contributed by atoms with Crippen LogP contribution in [-0.2, 0) is 4.74 Å². The summed E-state index contributed by atoms with van der Waals surface area (Å²) in [7, 11) is 0. The Hall–Kier alpha value is -3.18. The lowest BCUT2D eigenvalue weighted by Crippen LogP contribution is -2.45. The molecular formula is C22H24N6O4. The average Bonchev–Trinajstić information content (AvgIpc) is 3.50. The van der Waals surface area contributed by atoms with Crippen molar-refractivity contribution in [1.29, 1.82) is 0 Å². The van der Waals surface area contributed by atoms with Gasteiger partial charge in [-0.25, -0.2) is 15.0 Å². The van der Waals surface area contributed by atoms with Gasteiger partial charge < -0.3 is 25.4 Å². The molecule has 4 heterocycles. The van der Waals surface area contributed by atoms with E-state index < -0.39 is 30.6 Å². The number of hydrogen-bond acceptors (Lipinski definition) is 9. The van der Waals surface area contributed by atoms with Crippen molar-refractivity contribution in [2.45, 2.75) is 36.4 Å². The van der Waals surface area contributed by atoms with Crippen molar-refractivity contribution >= 4 is 28.9 Å².